The molecule has 2 aromatic rings. The van der Waals surface area contributed by atoms with E-state index >= 15 is 0 Å². The molecule has 0 atom stereocenters. The molecule has 0 unspecified atom stereocenters. The van der Waals surface area contributed by atoms with Crippen LogP contribution in [0.5, 0.6) is 0 Å². The summed E-state index contributed by atoms with van der Waals surface area (Å²) in [6.07, 6.45) is 4.89. The van der Waals surface area contributed by atoms with Crippen molar-refractivity contribution in [3.05, 3.63) is 30.1 Å². The van der Waals surface area contributed by atoms with Crippen LogP contribution in [0.1, 0.15) is 52.3 Å². The monoisotopic (exact) mass is 315 g/mol. The van der Waals surface area contributed by atoms with Crippen LogP contribution in [0.15, 0.2) is 24.3 Å². The van der Waals surface area contributed by atoms with Crippen molar-refractivity contribution in [2.75, 3.05) is 6.54 Å². The highest BCUT2D eigenvalue weighted by Gasteiger charge is 2.14. The molecule has 0 aliphatic rings. The SMILES string of the molecule is CCCCn1c(CCNC(=O)C(CC)CC)nc2ccccc21. The van der Waals surface area contributed by atoms with Crippen LogP contribution in [0, 0.1) is 5.92 Å². The fourth-order valence-electron chi connectivity index (χ4n) is 2.98. The predicted molar refractivity (Wildman–Crippen MR) is 95.4 cm³/mol. The van der Waals surface area contributed by atoms with Gasteiger partial charge < -0.3 is 9.88 Å². The van der Waals surface area contributed by atoms with E-state index in [1.807, 2.05) is 6.07 Å². The highest BCUT2D eigenvalue weighted by molar-refractivity contribution is 5.78. The van der Waals surface area contributed by atoms with Crippen molar-refractivity contribution in [1.82, 2.24) is 14.9 Å². The number of benzene rings is 1. The smallest absolute Gasteiger partial charge is 0.223 e. The second-order valence-electron chi connectivity index (χ2n) is 6.08. The van der Waals surface area contributed by atoms with Crippen LogP contribution < -0.4 is 5.32 Å². The van der Waals surface area contributed by atoms with Gasteiger partial charge in [-0.05, 0) is 31.4 Å². The maximum atomic E-state index is 12.1. The summed E-state index contributed by atoms with van der Waals surface area (Å²) < 4.78 is 2.31. The second-order valence-corrected chi connectivity index (χ2v) is 6.08. The third kappa shape index (κ3) is 4.34. The number of aromatic nitrogens is 2. The molecule has 0 radical (unpaired) electrons. The summed E-state index contributed by atoms with van der Waals surface area (Å²) in [5, 5.41) is 3.07. The zero-order valence-corrected chi connectivity index (χ0v) is 14.6. The molecule has 0 spiro atoms. The molecule has 23 heavy (non-hydrogen) atoms. The van der Waals surface area contributed by atoms with Gasteiger partial charge in [0.15, 0.2) is 0 Å². The van der Waals surface area contributed by atoms with Gasteiger partial charge in [0.1, 0.15) is 5.82 Å². The number of hydrogen-bond donors (Lipinski definition) is 1. The maximum Gasteiger partial charge on any atom is 0.223 e. The van der Waals surface area contributed by atoms with E-state index in [0.717, 1.165) is 50.0 Å². The Kier molecular flexibility index (Phi) is 6.63. The van der Waals surface area contributed by atoms with Gasteiger partial charge in [-0.1, -0.05) is 39.3 Å². The van der Waals surface area contributed by atoms with Crippen molar-refractivity contribution in [1.29, 1.82) is 0 Å². The number of para-hydroxylation sites is 2. The van der Waals surface area contributed by atoms with Crippen molar-refractivity contribution in [2.45, 2.75) is 59.4 Å². The predicted octanol–water partition coefficient (Wildman–Crippen LogP) is 3.93. The lowest BCUT2D eigenvalue weighted by Gasteiger charge is -2.13. The first-order chi connectivity index (χ1) is 11.2. The Balaban J connectivity index is 2.05. The summed E-state index contributed by atoms with van der Waals surface area (Å²) in [5.74, 6) is 1.38. The molecule has 1 aromatic carbocycles. The number of imidazole rings is 1. The number of unbranched alkanes of at least 4 members (excludes halogenated alkanes) is 1. The molecule has 1 heterocycles. The fraction of sp³-hybridized carbons (Fsp3) is 0.579. The normalized spacial score (nSPS) is 11.3. The topological polar surface area (TPSA) is 46.9 Å². The average Bonchev–Trinajstić information content (AvgIpc) is 2.91. The first-order valence-corrected chi connectivity index (χ1v) is 8.93. The standard InChI is InChI=1S/C19H29N3O/c1-4-7-14-22-17-11-9-8-10-16(17)21-18(22)12-13-20-19(23)15(5-2)6-3/h8-11,15H,4-7,12-14H2,1-3H3,(H,20,23). The van der Waals surface area contributed by atoms with Gasteiger partial charge in [0.2, 0.25) is 5.91 Å². The number of fused-ring (bicyclic) bond motifs is 1. The van der Waals surface area contributed by atoms with E-state index in [2.05, 4.69) is 48.9 Å². The van der Waals surface area contributed by atoms with Crippen LogP contribution in [0.2, 0.25) is 0 Å². The molecule has 126 valence electrons. The summed E-state index contributed by atoms with van der Waals surface area (Å²) in [5.41, 5.74) is 2.24. The third-order valence-corrected chi connectivity index (χ3v) is 4.47. The molecule has 1 N–H and O–H groups in total. The summed E-state index contributed by atoms with van der Waals surface area (Å²) in [6.45, 7) is 7.99. The van der Waals surface area contributed by atoms with Gasteiger partial charge in [-0.15, -0.1) is 0 Å². The number of carbonyl (C=O) groups excluding carboxylic acids is 1. The number of hydrogen-bond acceptors (Lipinski definition) is 2. The van der Waals surface area contributed by atoms with E-state index in [0.29, 0.717) is 6.54 Å². The zero-order chi connectivity index (χ0) is 16.7. The minimum atomic E-state index is 0.133. The lowest BCUT2D eigenvalue weighted by atomic mass is 10.0. The quantitative estimate of drug-likeness (QED) is 0.762. The number of amides is 1. The molecule has 0 bridgehead atoms. The van der Waals surface area contributed by atoms with Crippen molar-refractivity contribution in [2.24, 2.45) is 5.92 Å². The van der Waals surface area contributed by atoms with Crippen LogP contribution in [0.3, 0.4) is 0 Å². The molecular weight excluding hydrogens is 286 g/mol. The summed E-state index contributed by atoms with van der Waals surface area (Å²) in [7, 11) is 0. The van der Waals surface area contributed by atoms with Crippen LogP contribution >= 0.6 is 0 Å². The Hall–Kier alpha value is -1.84. The zero-order valence-electron chi connectivity index (χ0n) is 14.6. The number of nitrogens with zero attached hydrogens (tertiary/aromatic N) is 2. The van der Waals surface area contributed by atoms with Crippen molar-refractivity contribution >= 4 is 16.9 Å². The second kappa shape index (κ2) is 8.70. The van der Waals surface area contributed by atoms with Crippen molar-refractivity contribution < 1.29 is 4.79 Å². The van der Waals surface area contributed by atoms with Gasteiger partial charge in [0.25, 0.3) is 0 Å². The van der Waals surface area contributed by atoms with Gasteiger partial charge in [-0.2, -0.15) is 0 Å². The molecule has 0 aliphatic carbocycles. The highest BCUT2D eigenvalue weighted by atomic mass is 16.1. The molecule has 0 saturated heterocycles. The fourth-order valence-corrected chi connectivity index (χ4v) is 2.98. The molecule has 4 nitrogen and oxygen atoms in total. The minimum absolute atomic E-state index is 0.133. The van der Waals surface area contributed by atoms with E-state index in [1.54, 1.807) is 0 Å². The van der Waals surface area contributed by atoms with E-state index < -0.39 is 0 Å². The molecule has 0 aliphatic heterocycles. The van der Waals surface area contributed by atoms with Crippen molar-refractivity contribution in [3.63, 3.8) is 0 Å². The van der Waals surface area contributed by atoms with E-state index in [1.165, 1.54) is 5.52 Å². The number of nitrogens with one attached hydrogen (secondary N) is 1. The van der Waals surface area contributed by atoms with E-state index in [4.69, 9.17) is 4.98 Å². The van der Waals surface area contributed by atoms with Gasteiger partial charge in [-0.3, -0.25) is 4.79 Å². The molecule has 0 fully saturated rings. The Morgan fingerprint density at radius 2 is 1.96 bits per heavy atom. The Morgan fingerprint density at radius 1 is 1.22 bits per heavy atom. The molecule has 2 rings (SSSR count). The number of aryl methyl sites for hydroxylation is 1. The third-order valence-electron chi connectivity index (χ3n) is 4.47. The maximum absolute atomic E-state index is 12.1. The summed E-state index contributed by atoms with van der Waals surface area (Å²) in [6, 6.07) is 8.28. The lowest BCUT2D eigenvalue weighted by Crippen LogP contribution is -2.32. The minimum Gasteiger partial charge on any atom is -0.355 e. The van der Waals surface area contributed by atoms with Gasteiger partial charge in [-0.25, -0.2) is 4.98 Å². The van der Waals surface area contributed by atoms with Crippen LogP contribution in [-0.4, -0.2) is 22.0 Å². The Labute approximate surface area is 139 Å². The van der Waals surface area contributed by atoms with Gasteiger partial charge in [0, 0.05) is 25.4 Å². The number of rotatable bonds is 9. The Morgan fingerprint density at radius 3 is 2.65 bits per heavy atom. The largest absolute Gasteiger partial charge is 0.355 e. The average molecular weight is 315 g/mol. The van der Waals surface area contributed by atoms with E-state index in [-0.39, 0.29) is 11.8 Å². The number of carbonyl (C=O) groups is 1. The van der Waals surface area contributed by atoms with Crippen LogP contribution in [-0.2, 0) is 17.8 Å². The summed E-state index contributed by atoms with van der Waals surface area (Å²) in [4.78, 5) is 16.8. The molecule has 1 amide bonds. The first kappa shape index (κ1) is 17.5. The summed E-state index contributed by atoms with van der Waals surface area (Å²) >= 11 is 0. The molecule has 1 aromatic heterocycles. The Bertz CT molecular complexity index is 629. The van der Waals surface area contributed by atoms with Gasteiger partial charge >= 0.3 is 0 Å². The van der Waals surface area contributed by atoms with Crippen LogP contribution in [0.25, 0.3) is 11.0 Å². The molecular formula is C19H29N3O. The van der Waals surface area contributed by atoms with Crippen LogP contribution in [0.4, 0.5) is 0 Å². The first-order valence-electron chi connectivity index (χ1n) is 8.93. The molecule has 4 heteroatoms. The van der Waals surface area contributed by atoms with E-state index in [9.17, 15) is 4.79 Å². The highest BCUT2D eigenvalue weighted by Crippen LogP contribution is 2.17. The van der Waals surface area contributed by atoms with Crippen molar-refractivity contribution in [3.8, 4) is 0 Å². The van der Waals surface area contributed by atoms with Gasteiger partial charge in [0.05, 0.1) is 11.0 Å². The lowest BCUT2D eigenvalue weighted by molar-refractivity contribution is -0.125. The molecule has 0 saturated carbocycles.